The van der Waals surface area contributed by atoms with Crippen LogP contribution in [0.25, 0.3) is 22.5 Å². The molecule has 1 atom stereocenters. The number of thiol groups is 1. The summed E-state index contributed by atoms with van der Waals surface area (Å²) in [7, 11) is 0. The Morgan fingerprint density at radius 2 is 1.52 bits per heavy atom. The number of nitrogens with one attached hydrogen (secondary N) is 2. The van der Waals surface area contributed by atoms with Crippen molar-refractivity contribution in [2.24, 2.45) is 0 Å². The molecule has 1 aliphatic rings. The number of carbonyl (C=O) groups excluding carboxylic acids is 3. The molecule has 1 aromatic heterocycles. The van der Waals surface area contributed by atoms with Crippen molar-refractivity contribution in [2.45, 2.75) is 114 Å². The van der Waals surface area contributed by atoms with Crippen molar-refractivity contribution in [1.82, 2.24) is 25.6 Å². The summed E-state index contributed by atoms with van der Waals surface area (Å²) in [6.45, 7) is 0.737. The number of aromatic nitrogens is 3. The summed E-state index contributed by atoms with van der Waals surface area (Å²) in [6, 6.07) is 15.6. The Bertz CT molecular complexity index is 1780. The number of allylic oxidation sites excluding steroid dienone is 1. The van der Waals surface area contributed by atoms with Gasteiger partial charge >= 0.3 is 18.1 Å². The van der Waals surface area contributed by atoms with Crippen molar-refractivity contribution in [3.8, 4) is 22.5 Å². The molecule has 0 fully saturated rings. The second kappa shape index (κ2) is 22.9. The Morgan fingerprint density at radius 1 is 0.857 bits per heavy atom. The number of nitrogens with zero attached hydrogens (tertiary/aromatic N) is 4. The first kappa shape index (κ1) is 44.2. The number of benzene rings is 2. The summed E-state index contributed by atoms with van der Waals surface area (Å²) in [6.07, 6.45) is 10.5. The van der Waals surface area contributed by atoms with Crippen LogP contribution in [0.4, 0.5) is 18.9 Å². The maximum atomic E-state index is 13.7. The van der Waals surface area contributed by atoms with Gasteiger partial charge in [0.25, 0.3) is 0 Å². The second-order valence-electron chi connectivity index (χ2n) is 14.1. The van der Waals surface area contributed by atoms with E-state index in [1.807, 2.05) is 64.6 Å². The molecule has 0 bridgehead atoms. The van der Waals surface area contributed by atoms with Gasteiger partial charge in [0.15, 0.2) is 5.78 Å². The monoisotopic (exact) mass is 798 g/mol. The molecule has 0 saturated carbocycles. The Hall–Kier alpha value is -4.50. The average Bonchev–Trinajstić information content (AvgIpc) is 3.57. The number of amides is 2. The van der Waals surface area contributed by atoms with Crippen LogP contribution in [0.2, 0.25) is 0 Å². The molecular weight excluding hydrogens is 746 g/mol. The van der Waals surface area contributed by atoms with Crippen molar-refractivity contribution < 1.29 is 37.5 Å². The number of halogens is 3. The zero-order valence-corrected chi connectivity index (χ0v) is 32.6. The number of carbonyl (C=O) groups is 4. The largest absolute Gasteiger partial charge is 0.480 e. The molecule has 15 heteroatoms. The minimum Gasteiger partial charge on any atom is -0.480 e. The molecule has 11 nitrogen and oxygen atoms in total. The molecule has 3 N–H and O–H groups in total. The van der Waals surface area contributed by atoms with E-state index in [1.54, 1.807) is 4.90 Å². The van der Waals surface area contributed by atoms with Crippen molar-refractivity contribution in [3.63, 3.8) is 0 Å². The summed E-state index contributed by atoms with van der Waals surface area (Å²) in [5.41, 5.74) is 5.12. The molecule has 1 aliphatic heterocycles. The van der Waals surface area contributed by atoms with E-state index in [9.17, 15) is 32.3 Å². The Labute approximate surface area is 331 Å². The molecule has 2 amide bonds. The summed E-state index contributed by atoms with van der Waals surface area (Å²) < 4.78 is 39.3. The average molecular weight is 799 g/mol. The fourth-order valence-electron chi connectivity index (χ4n) is 6.74. The van der Waals surface area contributed by atoms with Crippen molar-refractivity contribution in [3.05, 3.63) is 66.2 Å². The number of carboxylic acid groups (broad SMARTS) is 1. The van der Waals surface area contributed by atoms with E-state index in [-0.39, 0.29) is 43.0 Å². The molecule has 3 aromatic rings. The van der Waals surface area contributed by atoms with Gasteiger partial charge in [-0.2, -0.15) is 25.8 Å². The SMILES string of the molecule is O=C(O)CNCC(=O)/C=C/C[C@@H](S)CCCCCCCCCCn1nnc2c1-c1ccccc1CN(C(=O)CCCCCNC(=O)C(F)(F)F)c1ccccc1-2. The normalized spacial score (nSPS) is 13.0. The van der Waals surface area contributed by atoms with Crippen LogP contribution >= 0.6 is 12.6 Å². The van der Waals surface area contributed by atoms with Crippen LogP contribution in [-0.2, 0) is 32.3 Å². The van der Waals surface area contributed by atoms with Gasteiger partial charge in [0, 0.05) is 35.9 Å². The highest BCUT2D eigenvalue weighted by Gasteiger charge is 2.38. The third-order valence-corrected chi connectivity index (χ3v) is 10.1. The smallest absolute Gasteiger partial charge is 0.471 e. The van der Waals surface area contributed by atoms with Gasteiger partial charge in [0.05, 0.1) is 31.0 Å². The third kappa shape index (κ3) is 14.2. The van der Waals surface area contributed by atoms with Crippen LogP contribution in [-0.4, -0.2) is 74.7 Å². The standard InChI is InChI=1S/C41H53F3N6O5S/c42-41(43,44)40(55)46-25-14-7-9-24-36(52)49-29-30-17-10-11-21-33(30)39-38(34-22-12-13-23-35(34)49)47-48-50(39)26-15-6-4-2-1-3-5-8-19-32(56)20-16-18-31(51)27-45-28-37(53)54/h10-13,16-18,21-23,32,45,56H,1-9,14-15,19-20,24-29H2,(H,46,55)(H,53,54)/b18-16+/t32-/m0/s1. The zero-order chi connectivity index (χ0) is 40.3. The maximum absolute atomic E-state index is 13.7. The van der Waals surface area contributed by atoms with Crippen LogP contribution < -0.4 is 15.5 Å². The van der Waals surface area contributed by atoms with Gasteiger partial charge in [0.1, 0.15) is 5.69 Å². The number of rotatable bonds is 24. The van der Waals surface area contributed by atoms with Gasteiger partial charge in [-0.15, -0.1) is 5.10 Å². The van der Waals surface area contributed by atoms with E-state index < -0.39 is 18.1 Å². The highest BCUT2D eigenvalue weighted by molar-refractivity contribution is 7.80. The van der Waals surface area contributed by atoms with Crippen LogP contribution in [0, 0.1) is 0 Å². The lowest BCUT2D eigenvalue weighted by molar-refractivity contribution is -0.173. The number of carboxylic acids is 1. The number of alkyl halides is 3. The molecule has 0 unspecified atom stereocenters. The summed E-state index contributed by atoms with van der Waals surface area (Å²) in [5, 5.41) is 22.5. The Morgan fingerprint density at radius 3 is 2.25 bits per heavy atom. The minimum absolute atomic E-state index is 0.0108. The van der Waals surface area contributed by atoms with Crippen LogP contribution in [0.1, 0.15) is 95.5 Å². The van der Waals surface area contributed by atoms with Crippen LogP contribution in [0.5, 0.6) is 0 Å². The second-order valence-corrected chi connectivity index (χ2v) is 14.8. The molecule has 2 heterocycles. The lowest BCUT2D eigenvalue weighted by Gasteiger charge is -2.28. The minimum atomic E-state index is -4.91. The van der Waals surface area contributed by atoms with E-state index in [4.69, 9.17) is 5.11 Å². The maximum Gasteiger partial charge on any atom is 0.471 e. The lowest BCUT2D eigenvalue weighted by Crippen LogP contribution is -2.37. The van der Waals surface area contributed by atoms with Gasteiger partial charge in [-0.05, 0) is 49.8 Å². The molecule has 0 aliphatic carbocycles. The Balaban J connectivity index is 1.22. The van der Waals surface area contributed by atoms with E-state index in [2.05, 4.69) is 28.3 Å². The number of unbranched alkanes of at least 4 members (excludes halogenated alkanes) is 9. The number of fused-ring (bicyclic) bond motifs is 5. The quantitative estimate of drug-likeness (QED) is 0.0410. The predicted molar refractivity (Wildman–Crippen MR) is 213 cm³/mol. The first-order chi connectivity index (χ1) is 27.0. The van der Waals surface area contributed by atoms with Gasteiger partial charge in [-0.3, -0.25) is 24.5 Å². The first-order valence-corrected chi connectivity index (χ1v) is 20.0. The Kier molecular flexibility index (Phi) is 18.1. The molecule has 0 spiro atoms. The zero-order valence-electron chi connectivity index (χ0n) is 31.7. The molecule has 2 aromatic carbocycles. The van der Waals surface area contributed by atoms with E-state index in [0.29, 0.717) is 44.5 Å². The molecule has 4 rings (SSSR count). The van der Waals surface area contributed by atoms with Crippen LogP contribution in [0.15, 0.2) is 60.7 Å². The fourth-order valence-corrected chi connectivity index (χ4v) is 7.04. The molecule has 0 radical (unpaired) electrons. The fraction of sp³-hybridized carbons (Fsp3) is 0.512. The number of aliphatic carboxylic acids is 1. The van der Waals surface area contributed by atoms with Crippen LogP contribution in [0.3, 0.4) is 0 Å². The highest BCUT2D eigenvalue weighted by atomic mass is 32.1. The molecule has 0 saturated heterocycles. The summed E-state index contributed by atoms with van der Waals surface area (Å²) in [5.74, 6) is -3.19. The van der Waals surface area contributed by atoms with Crippen molar-refractivity contribution in [2.75, 3.05) is 24.5 Å². The van der Waals surface area contributed by atoms with Crippen molar-refractivity contribution in [1.29, 1.82) is 0 Å². The number of hydrogen-bond donors (Lipinski definition) is 4. The van der Waals surface area contributed by atoms with Gasteiger partial charge in [0.2, 0.25) is 5.91 Å². The van der Waals surface area contributed by atoms with E-state index in [1.165, 1.54) is 18.9 Å². The number of ketones is 1. The lowest BCUT2D eigenvalue weighted by atomic mass is 9.95. The molecule has 56 heavy (non-hydrogen) atoms. The number of anilines is 1. The summed E-state index contributed by atoms with van der Waals surface area (Å²) in [4.78, 5) is 48.7. The predicted octanol–water partition coefficient (Wildman–Crippen LogP) is 7.70. The first-order valence-electron chi connectivity index (χ1n) is 19.5. The van der Waals surface area contributed by atoms with Gasteiger partial charge in [-0.25, -0.2) is 4.68 Å². The molecule has 304 valence electrons. The van der Waals surface area contributed by atoms with Crippen molar-refractivity contribution >= 4 is 41.9 Å². The number of hydrogen-bond acceptors (Lipinski definition) is 8. The third-order valence-electron chi connectivity index (χ3n) is 9.64. The topological polar surface area (TPSA) is 147 Å². The van der Waals surface area contributed by atoms with Gasteiger partial charge in [-0.1, -0.05) is 105 Å². The molecular formula is C41H53F3N6O5S. The van der Waals surface area contributed by atoms with E-state index in [0.717, 1.165) is 73.0 Å². The summed E-state index contributed by atoms with van der Waals surface area (Å²) >= 11 is 4.63. The highest BCUT2D eigenvalue weighted by Crippen LogP contribution is 2.41. The van der Waals surface area contributed by atoms with E-state index >= 15 is 0 Å². The number of para-hydroxylation sites is 1. The van der Waals surface area contributed by atoms with Gasteiger partial charge < -0.3 is 15.3 Å². The number of aryl methyl sites for hydroxylation is 1.